The fourth-order valence-electron chi connectivity index (χ4n) is 2.00. The maximum absolute atomic E-state index is 9.39. The van der Waals surface area contributed by atoms with E-state index in [9.17, 15) is 5.26 Å². The zero-order valence-electron chi connectivity index (χ0n) is 12.3. The third-order valence-electron chi connectivity index (χ3n) is 3.17. The number of nitrogens with zero attached hydrogens (tertiary/aromatic N) is 2. The molecule has 0 saturated heterocycles. The number of allylic oxidation sites excluding steroid dienone is 1. The number of nitriles is 2. The third kappa shape index (κ3) is 3.26. The van der Waals surface area contributed by atoms with Crippen LogP contribution in [0.4, 0.5) is 0 Å². The fraction of sp³-hybridized carbons (Fsp3) is 0.111. The van der Waals surface area contributed by atoms with Crippen LogP contribution in [0.25, 0.3) is 11.6 Å². The Hall–Kier alpha value is -3.24. The van der Waals surface area contributed by atoms with Gasteiger partial charge >= 0.3 is 0 Å². The first-order valence-electron chi connectivity index (χ1n) is 6.56. The predicted molar refractivity (Wildman–Crippen MR) is 84.2 cm³/mol. The van der Waals surface area contributed by atoms with Gasteiger partial charge in [-0.2, -0.15) is 10.5 Å². The predicted octanol–water partition coefficient (Wildman–Crippen LogP) is 3.64. The summed E-state index contributed by atoms with van der Waals surface area (Å²) >= 11 is 0. The molecule has 4 heteroatoms. The summed E-state index contributed by atoms with van der Waals surface area (Å²) in [5, 5.41) is 18.2. The molecule has 108 valence electrons. The molecule has 0 aromatic heterocycles. The van der Waals surface area contributed by atoms with Crippen molar-refractivity contribution >= 4 is 11.6 Å². The molecular formula is C18H14N2O2. The minimum atomic E-state index is 0.505. The van der Waals surface area contributed by atoms with Crippen LogP contribution < -0.4 is 9.47 Å². The van der Waals surface area contributed by atoms with E-state index >= 15 is 0 Å². The van der Waals surface area contributed by atoms with E-state index in [2.05, 4.69) is 12.1 Å². The van der Waals surface area contributed by atoms with Gasteiger partial charge in [0.2, 0.25) is 0 Å². The van der Waals surface area contributed by atoms with E-state index in [0.29, 0.717) is 22.6 Å². The van der Waals surface area contributed by atoms with Gasteiger partial charge in [0.15, 0.2) is 11.5 Å². The topological polar surface area (TPSA) is 66.0 Å². The molecular weight excluding hydrogens is 276 g/mol. The molecule has 0 amide bonds. The Balaban J connectivity index is 2.41. The minimum absolute atomic E-state index is 0.505. The van der Waals surface area contributed by atoms with Crippen molar-refractivity contribution in [1.82, 2.24) is 0 Å². The highest BCUT2D eigenvalue weighted by Crippen LogP contribution is 2.30. The van der Waals surface area contributed by atoms with Crippen LogP contribution in [0.3, 0.4) is 0 Å². The van der Waals surface area contributed by atoms with Gasteiger partial charge in [0.25, 0.3) is 0 Å². The molecule has 2 rings (SSSR count). The maximum Gasteiger partial charge on any atom is 0.161 e. The van der Waals surface area contributed by atoms with Gasteiger partial charge in [-0.3, -0.25) is 0 Å². The first-order valence-corrected chi connectivity index (χ1v) is 6.56. The Morgan fingerprint density at radius 3 is 2.18 bits per heavy atom. The molecule has 0 atom stereocenters. The Morgan fingerprint density at radius 2 is 1.64 bits per heavy atom. The second kappa shape index (κ2) is 6.97. The lowest BCUT2D eigenvalue weighted by Gasteiger charge is -2.09. The molecule has 0 spiro atoms. The van der Waals surface area contributed by atoms with Gasteiger partial charge in [0, 0.05) is 0 Å². The van der Waals surface area contributed by atoms with Crippen LogP contribution in [-0.2, 0) is 0 Å². The SMILES string of the molecule is COc1ccc(C(C#N)=Cc2ccc(C#N)cc2)cc1OC. The number of methoxy groups -OCH3 is 2. The van der Waals surface area contributed by atoms with Crippen LogP contribution in [0.1, 0.15) is 16.7 Å². The molecule has 4 nitrogen and oxygen atoms in total. The Morgan fingerprint density at radius 1 is 0.955 bits per heavy atom. The lowest BCUT2D eigenvalue weighted by atomic mass is 10.0. The maximum atomic E-state index is 9.39. The fourth-order valence-corrected chi connectivity index (χ4v) is 2.00. The second-order valence-corrected chi connectivity index (χ2v) is 4.47. The molecule has 2 aromatic rings. The highest BCUT2D eigenvalue weighted by Gasteiger charge is 2.08. The van der Waals surface area contributed by atoms with Gasteiger partial charge in [0.1, 0.15) is 0 Å². The average molecular weight is 290 g/mol. The smallest absolute Gasteiger partial charge is 0.161 e. The minimum Gasteiger partial charge on any atom is -0.493 e. The summed E-state index contributed by atoms with van der Waals surface area (Å²) in [6, 6.07) is 16.6. The highest BCUT2D eigenvalue weighted by atomic mass is 16.5. The van der Waals surface area contributed by atoms with Crippen LogP contribution in [-0.4, -0.2) is 14.2 Å². The average Bonchev–Trinajstić information content (AvgIpc) is 2.59. The highest BCUT2D eigenvalue weighted by molar-refractivity contribution is 5.90. The third-order valence-corrected chi connectivity index (χ3v) is 3.17. The summed E-state index contributed by atoms with van der Waals surface area (Å²) < 4.78 is 10.4. The van der Waals surface area contributed by atoms with Gasteiger partial charge < -0.3 is 9.47 Å². The molecule has 2 aromatic carbocycles. The number of rotatable bonds is 4. The number of ether oxygens (including phenoxy) is 2. The van der Waals surface area contributed by atoms with Crippen molar-refractivity contribution in [3.05, 3.63) is 59.2 Å². The monoisotopic (exact) mass is 290 g/mol. The summed E-state index contributed by atoms with van der Waals surface area (Å²) in [6.07, 6.45) is 1.77. The molecule has 0 aliphatic carbocycles. The van der Waals surface area contributed by atoms with Crippen molar-refractivity contribution in [2.24, 2.45) is 0 Å². The van der Waals surface area contributed by atoms with Crippen LogP contribution in [0.15, 0.2) is 42.5 Å². The van der Waals surface area contributed by atoms with Gasteiger partial charge in [-0.15, -0.1) is 0 Å². The van der Waals surface area contributed by atoms with E-state index in [1.807, 2.05) is 0 Å². The van der Waals surface area contributed by atoms with E-state index in [1.165, 1.54) is 0 Å². The Labute approximate surface area is 129 Å². The Bertz CT molecular complexity index is 778. The van der Waals surface area contributed by atoms with Crippen LogP contribution >= 0.6 is 0 Å². The molecule has 0 fully saturated rings. The summed E-state index contributed by atoms with van der Waals surface area (Å²) in [5.74, 6) is 1.18. The van der Waals surface area contributed by atoms with Crippen molar-refractivity contribution in [2.45, 2.75) is 0 Å². The largest absolute Gasteiger partial charge is 0.493 e. The van der Waals surface area contributed by atoms with E-state index in [0.717, 1.165) is 11.1 Å². The molecule has 0 saturated carbocycles. The number of benzene rings is 2. The van der Waals surface area contributed by atoms with E-state index < -0.39 is 0 Å². The lowest BCUT2D eigenvalue weighted by molar-refractivity contribution is 0.355. The molecule has 0 bridgehead atoms. The Kier molecular flexibility index (Phi) is 4.80. The van der Waals surface area contributed by atoms with Crippen molar-refractivity contribution < 1.29 is 9.47 Å². The van der Waals surface area contributed by atoms with Gasteiger partial charge in [-0.25, -0.2) is 0 Å². The zero-order chi connectivity index (χ0) is 15.9. The molecule has 0 aliphatic heterocycles. The van der Waals surface area contributed by atoms with Crippen molar-refractivity contribution in [3.8, 4) is 23.6 Å². The van der Waals surface area contributed by atoms with Gasteiger partial charge in [-0.05, 0) is 47.5 Å². The summed E-state index contributed by atoms with van der Waals surface area (Å²) in [4.78, 5) is 0. The number of hydrogen-bond acceptors (Lipinski definition) is 4. The molecule has 0 aliphatic rings. The van der Waals surface area contributed by atoms with Gasteiger partial charge in [-0.1, -0.05) is 12.1 Å². The summed E-state index contributed by atoms with van der Waals surface area (Å²) in [5.41, 5.74) is 2.68. The van der Waals surface area contributed by atoms with Crippen molar-refractivity contribution in [2.75, 3.05) is 14.2 Å². The normalized spacial score (nSPS) is 10.5. The standard InChI is InChI=1S/C18H14N2O2/c1-21-17-8-7-15(10-18(17)22-2)16(12-20)9-13-3-5-14(11-19)6-4-13/h3-10H,1-2H3. The summed E-state index contributed by atoms with van der Waals surface area (Å²) in [6.45, 7) is 0. The van der Waals surface area contributed by atoms with Crippen molar-refractivity contribution in [1.29, 1.82) is 10.5 Å². The quantitative estimate of drug-likeness (QED) is 0.637. The zero-order valence-corrected chi connectivity index (χ0v) is 12.3. The molecule has 0 radical (unpaired) electrons. The second-order valence-electron chi connectivity index (χ2n) is 4.47. The van der Waals surface area contributed by atoms with E-state index in [1.54, 1.807) is 62.8 Å². The van der Waals surface area contributed by atoms with Crippen LogP contribution in [0.5, 0.6) is 11.5 Å². The first kappa shape index (κ1) is 15.2. The first-order chi connectivity index (χ1) is 10.7. The molecule has 0 heterocycles. The van der Waals surface area contributed by atoms with Gasteiger partial charge in [0.05, 0.1) is 37.5 Å². The number of hydrogen-bond donors (Lipinski definition) is 0. The van der Waals surface area contributed by atoms with Crippen LogP contribution in [0, 0.1) is 22.7 Å². The molecule has 0 unspecified atom stereocenters. The van der Waals surface area contributed by atoms with Crippen LogP contribution in [0.2, 0.25) is 0 Å². The summed E-state index contributed by atoms with van der Waals surface area (Å²) in [7, 11) is 3.12. The van der Waals surface area contributed by atoms with E-state index in [-0.39, 0.29) is 0 Å². The van der Waals surface area contributed by atoms with E-state index in [4.69, 9.17) is 14.7 Å². The molecule has 0 N–H and O–H groups in total. The van der Waals surface area contributed by atoms with Crippen molar-refractivity contribution in [3.63, 3.8) is 0 Å². The molecule has 22 heavy (non-hydrogen) atoms. The lowest BCUT2D eigenvalue weighted by Crippen LogP contribution is -1.92.